The fraction of sp³-hybridized carbons (Fsp3) is 0.714. The van der Waals surface area contributed by atoms with Crippen molar-refractivity contribution in [3.63, 3.8) is 0 Å². The molecule has 70 valence electrons. The molecule has 5 heteroatoms. The Labute approximate surface area is 71.7 Å². The zero-order chi connectivity index (χ0) is 9.56. The van der Waals surface area contributed by atoms with E-state index in [2.05, 4.69) is 10.6 Å². The SMILES string of the molecule is CC(C)C(=O)NCCNC(N)=O. The summed E-state index contributed by atoms with van der Waals surface area (Å²) in [7, 11) is 0. The van der Waals surface area contributed by atoms with Crippen LogP contribution in [0.15, 0.2) is 0 Å². The summed E-state index contributed by atoms with van der Waals surface area (Å²) < 4.78 is 0. The van der Waals surface area contributed by atoms with E-state index in [9.17, 15) is 9.59 Å². The molecule has 0 radical (unpaired) electrons. The van der Waals surface area contributed by atoms with E-state index in [1.54, 1.807) is 13.8 Å². The third-order valence-corrected chi connectivity index (χ3v) is 1.25. The predicted octanol–water partition coefficient (Wildman–Crippen LogP) is -0.573. The first kappa shape index (κ1) is 10.7. The lowest BCUT2D eigenvalue weighted by molar-refractivity contribution is -0.123. The Bertz CT molecular complexity index is 168. The maximum Gasteiger partial charge on any atom is 0.312 e. The second-order valence-corrected chi connectivity index (χ2v) is 2.74. The molecule has 0 aromatic carbocycles. The van der Waals surface area contributed by atoms with E-state index >= 15 is 0 Å². The minimum absolute atomic E-state index is 0.0266. The Hall–Kier alpha value is -1.26. The van der Waals surface area contributed by atoms with E-state index < -0.39 is 6.03 Å². The van der Waals surface area contributed by atoms with Crippen LogP contribution in [0.3, 0.4) is 0 Å². The molecule has 0 aliphatic carbocycles. The summed E-state index contributed by atoms with van der Waals surface area (Å²) in [5, 5.41) is 4.99. The van der Waals surface area contributed by atoms with Gasteiger partial charge in [-0.3, -0.25) is 4.79 Å². The van der Waals surface area contributed by atoms with E-state index in [0.29, 0.717) is 13.1 Å². The smallest absolute Gasteiger partial charge is 0.312 e. The lowest BCUT2D eigenvalue weighted by Crippen LogP contribution is -2.38. The van der Waals surface area contributed by atoms with Crippen LogP contribution in [0.4, 0.5) is 4.79 Å². The van der Waals surface area contributed by atoms with Crippen molar-refractivity contribution in [3.8, 4) is 0 Å². The number of rotatable bonds is 4. The van der Waals surface area contributed by atoms with Gasteiger partial charge in [0.25, 0.3) is 0 Å². The molecule has 0 fully saturated rings. The van der Waals surface area contributed by atoms with Gasteiger partial charge in [-0.15, -0.1) is 0 Å². The van der Waals surface area contributed by atoms with Crippen LogP contribution in [-0.2, 0) is 4.79 Å². The summed E-state index contributed by atoms with van der Waals surface area (Å²) in [6.45, 7) is 4.39. The largest absolute Gasteiger partial charge is 0.354 e. The molecule has 0 rings (SSSR count). The van der Waals surface area contributed by atoms with Crippen LogP contribution >= 0.6 is 0 Å². The molecule has 0 saturated heterocycles. The Morgan fingerprint density at radius 2 is 1.75 bits per heavy atom. The van der Waals surface area contributed by atoms with Crippen LogP contribution in [0.1, 0.15) is 13.8 Å². The van der Waals surface area contributed by atoms with Gasteiger partial charge in [0.1, 0.15) is 0 Å². The number of carbonyl (C=O) groups is 2. The normalized spacial score (nSPS) is 9.58. The van der Waals surface area contributed by atoms with E-state index in [-0.39, 0.29) is 11.8 Å². The topological polar surface area (TPSA) is 84.2 Å². The zero-order valence-corrected chi connectivity index (χ0v) is 7.39. The lowest BCUT2D eigenvalue weighted by atomic mass is 10.2. The van der Waals surface area contributed by atoms with E-state index in [0.717, 1.165) is 0 Å². The van der Waals surface area contributed by atoms with Gasteiger partial charge >= 0.3 is 6.03 Å². The van der Waals surface area contributed by atoms with Crippen molar-refractivity contribution >= 4 is 11.9 Å². The summed E-state index contributed by atoms with van der Waals surface area (Å²) in [6.07, 6.45) is 0. The fourth-order valence-corrected chi connectivity index (χ4v) is 0.576. The van der Waals surface area contributed by atoms with Crippen molar-refractivity contribution in [2.75, 3.05) is 13.1 Å². The number of urea groups is 1. The molecule has 0 aromatic rings. The molecule has 0 unspecified atom stereocenters. The van der Waals surface area contributed by atoms with Crippen LogP contribution in [-0.4, -0.2) is 25.0 Å². The molecular formula is C7H15N3O2. The highest BCUT2D eigenvalue weighted by Crippen LogP contribution is 1.88. The van der Waals surface area contributed by atoms with Gasteiger partial charge in [0.15, 0.2) is 0 Å². The average molecular weight is 173 g/mol. The molecule has 5 nitrogen and oxygen atoms in total. The molecule has 0 saturated carbocycles. The minimum atomic E-state index is -0.575. The van der Waals surface area contributed by atoms with Crippen molar-refractivity contribution in [2.24, 2.45) is 11.7 Å². The van der Waals surface area contributed by atoms with Gasteiger partial charge in [-0.1, -0.05) is 13.8 Å². The Morgan fingerprint density at radius 3 is 2.17 bits per heavy atom. The van der Waals surface area contributed by atoms with Gasteiger partial charge in [0.05, 0.1) is 0 Å². The standard InChI is InChI=1S/C7H15N3O2/c1-5(2)6(11)9-3-4-10-7(8)12/h5H,3-4H2,1-2H3,(H,9,11)(H3,8,10,12). The first-order valence-corrected chi connectivity index (χ1v) is 3.85. The van der Waals surface area contributed by atoms with E-state index in [1.807, 2.05) is 0 Å². The molecule has 4 N–H and O–H groups in total. The molecule has 0 aliphatic rings. The molecular weight excluding hydrogens is 158 g/mol. The van der Waals surface area contributed by atoms with Crippen LogP contribution in [0.25, 0.3) is 0 Å². The van der Waals surface area contributed by atoms with Crippen LogP contribution in [0.5, 0.6) is 0 Å². The number of primary amides is 1. The van der Waals surface area contributed by atoms with Crippen molar-refractivity contribution in [2.45, 2.75) is 13.8 Å². The van der Waals surface area contributed by atoms with Crippen molar-refractivity contribution in [3.05, 3.63) is 0 Å². The molecule has 0 aromatic heterocycles. The number of nitrogens with two attached hydrogens (primary N) is 1. The van der Waals surface area contributed by atoms with Crippen molar-refractivity contribution in [1.82, 2.24) is 10.6 Å². The van der Waals surface area contributed by atoms with E-state index in [1.165, 1.54) is 0 Å². The zero-order valence-electron chi connectivity index (χ0n) is 7.39. The van der Waals surface area contributed by atoms with Gasteiger partial charge in [0.2, 0.25) is 5.91 Å². The van der Waals surface area contributed by atoms with Gasteiger partial charge in [-0.2, -0.15) is 0 Å². The van der Waals surface area contributed by atoms with E-state index in [4.69, 9.17) is 5.73 Å². The predicted molar refractivity (Wildman–Crippen MR) is 45.4 cm³/mol. The van der Waals surface area contributed by atoms with Crippen LogP contribution in [0.2, 0.25) is 0 Å². The quantitative estimate of drug-likeness (QED) is 0.497. The van der Waals surface area contributed by atoms with Gasteiger partial charge < -0.3 is 16.4 Å². The number of nitrogens with one attached hydrogen (secondary N) is 2. The minimum Gasteiger partial charge on any atom is -0.354 e. The number of carbonyl (C=O) groups excluding carboxylic acids is 2. The highest BCUT2D eigenvalue weighted by atomic mass is 16.2. The Morgan fingerprint density at radius 1 is 1.25 bits per heavy atom. The van der Waals surface area contributed by atoms with Crippen LogP contribution < -0.4 is 16.4 Å². The molecule has 0 heterocycles. The lowest BCUT2D eigenvalue weighted by Gasteiger charge is -2.06. The summed E-state index contributed by atoms with van der Waals surface area (Å²) in [5.74, 6) is -0.0557. The van der Waals surface area contributed by atoms with Crippen LogP contribution in [0, 0.1) is 5.92 Å². The molecule has 0 aliphatic heterocycles. The number of hydrogen-bond acceptors (Lipinski definition) is 2. The number of hydrogen-bond donors (Lipinski definition) is 3. The van der Waals surface area contributed by atoms with Gasteiger partial charge in [-0.05, 0) is 0 Å². The summed E-state index contributed by atoms with van der Waals surface area (Å²) in [6, 6.07) is -0.575. The Kier molecular flexibility index (Phi) is 4.83. The molecule has 12 heavy (non-hydrogen) atoms. The van der Waals surface area contributed by atoms with Gasteiger partial charge in [-0.25, -0.2) is 4.79 Å². The van der Waals surface area contributed by atoms with Gasteiger partial charge in [0, 0.05) is 19.0 Å². The average Bonchev–Trinajstić information content (AvgIpc) is 1.97. The second-order valence-electron chi connectivity index (χ2n) is 2.74. The first-order valence-electron chi connectivity index (χ1n) is 3.85. The summed E-state index contributed by atoms with van der Waals surface area (Å²) in [5.41, 5.74) is 4.81. The second kappa shape index (κ2) is 5.40. The fourth-order valence-electron chi connectivity index (χ4n) is 0.576. The maximum absolute atomic E-state index is 10.9. The Balaban J connectivity index is 3.32. The molecule has 0 bridgehead atoms. The third-order valence-electron chi connectivity index (χ3n) is 1.25. The third kappa shape index (κ3) is 5.52. The van der Waals surface area contributed by atoms with Crippen molar-refractivity contribution < 1.29 is 9.59 Å². The maximum atomic E-state index is 10.9. The highest BCUT2D eigenvalue weighted by molar-refractivity contribution is 5.77. The summed E-state index contributed by atoms with van der Waals surface area (Å²) >= 11 is 0. The molecule has 3 amide bonds. The highest BCUT2D eigenvalue weighted by Gasteiger charge is 2.04. The monoisotopic (exact) mass is 173 g/mol. The first-order chi connectivity index (χ1) is 5.54. The molecule has 0 atom stereocenters. The number of amides is 3. The van der Waals surface area contributed by atoms with Crippen molar-refractivity contribution in [1.29, 1.82) is 0 Å². The summed E-state index contributed by atoms with van der Waals surface area (Å²) in [4.78, 5) is 21.1. The molecule has 0 spiro atoms.